The van der Waals surface area contributed by atoms with Gasteiger partial charge in [-0.05, 0) is 30.4 Å². The zero-order chi connectivity index (χ0) is 19.8. The second kappa shape index (κ2) is 7.95. The lowest BCUT2D eigenvalue weighted by atomic mass is 10.0. The van der Waals surface area contributed by atoms with E-state index in [1.165, 1.54) is 22.9 Å². The van der Waals surface area contributed by atoms with Gasteiger partial charge in [-0.1, -0.05) is 57.7 Å². The van der Waals surface area contributed by atoms with Gasteiger partial charge in [0, 0.05) is 16.9 Å². The summed E-state index contributed by atoms with van der Waals surface area (Å²) in [5.41, 5.74) is 3.39. The van der Waals surface area contributed by atoms with E-state index < -0.39 is 9.84 Å². The number of aryl methyl sites for hydroxylation is 2. The fraction of sp³-hybridized carbons (Fsp3) is 0.600. The van der Waals surface area contributed by atoms with Crippen LogP contribution in [0, 0.1) is 5.92 Å². The number of sulfone groups is 1. The molecule has 0 N–H and O–H groups in total. The van der Waals surface area contributed by atoms with Gasteiger partial charge in [-0.25, -0.2) is 8.42 Å². The molecule has 2 saturated heterocycles. The topological polar surface area (TPSA) is 66.8 Å². The zero-order valence-corrected chi connectivity index (χ0v) is 18.1. The third-order valence-corrected chi connectivity index (χ3v) is 8.72. The first-order valence-electron chi connectivity index (χ1n) is 9.70. The molecule has 2 aliphatic rings. The van der Waals surface area contributed by atoms with Crippen LogP contribution < -0.4 is 4.90 Å². The quantitative estimate of drug-likeness (QED) is 0.746. The molecular formula is C20H28N2O3S2. The van der Waals surface area contributed by atoms with Crippen molar-refractivity contribution in [3.05, 3.63) is 29.3 Å². The number of thioether (sulfide) groups is 1. The van der Waals surface area contributed by atoms with E-state index in [1.807, 2.05) is 19.9 Å². The second-order valence-electron chi connectivity index (χ2n) is 7.34. The largest absolute Gasteiger partial charge is 0.315 e. The fourth-order valence-electron chi connectivity index (χ4n) is 3.73. The lowest BCUT2D eigenvalue weighted by molar-refractivity contribution is -0.121. The van der Waals surface area contributed by atoms with Crippen LogP contribution in [-0.2, 0) is 27.5 Å². The number of rotatable bonds is 5. The molecule has 3 rings (SSSR count). The molecule has 0 bridgehead atoms. The van der Waals surface area contributed by atoms with Crippen molar-refractivity contribution in [3.63, 3.8) is 0 Å². The van der Waals surface area contributed by atoms with E-state index in [4.69, 9.17) is 0 Å². The van der Waals surface area contributed by atoms with Crippen LogP contribution in [0.4, 0.5) is 5.69 Å². The van der Waals surface area contributed by atoms with E-state index in [0.717, 1.165) is 24.9 Å². The van der Waals surface area contributed by atoms with E-state index in [9.17, 15) is 13.2 Å². The minimum absolute atomic E-state index is 0.0619. The van der Waals surface area contributed by atoms with Crippen molar-refractivity contribution in [2.45, 2.75) is 58.2 Å². The van der Waals surface area contributed by atoms with Gasteiger partial charge in [-0.2, -0.15) is 4.99 Å². The maximum Gasteiger partial charge on any atom is 0.250 e. The minimum atomic E-state index is -3.06. The molecular weight excluding hydrogens is 380 g/mol. The fourth-order valence-corrected chi connectivity index (χ4v) is 7.63. The molecule has 1 aromatic rings. The van der Waals surface area contributed by atoms with Gasteiger partial charge in [0.2, 0.25) is 0 Å². The molecule has 2 heterocycles. The molecule has 148 valence electrons. The zero-order valence-electron chi connectivity index (χ0n) is 16.4. The Kier molecular flexibility index (Phi) is 6.01. The average Bonchev–Trinajstić information content (AvgIpc) is 3.10. The maximum atomic E-state index is 12.5. The molecule has 0 saturated carbocycles. The van der Waals surface area contributed by atoms with Crippen LogP contribution in [-0.4, -0.2) is 42.3 Å². The summed E-state index contributed by atoms with van der Waals surface area (Å²) in [7, 11) is -3.06. The number of amides is 1. The average molecular weight is 409 g/mol. The Morgan fingerprint density at radius 3 is 2.41 bits per heavy atom. The third-order valence-electron chi connectivity index (χ3n) is 5.51. The number of hydrogen-bond donors (Lipinski definition) is 0. The van der Waals surface area contributed by atoms with Crippen molar-refractivity contribution >= 4 is 38.4 Å². The third kappa shape index (κ3) is 3.94. The summed E-state index contributed by atoms with van der Waals surface area (Å²) in [6.07, 6.45) is 2.44. The van der Waals surface area contributed by atoms with Gasteiger partial charge in [-0.3, -0.25) is 4.79 Å². The van der Waals surface area contributed by atoms with Gasteiger partial charge in [-0.15, -0.1) is 0 Å². The van der Waals surface area contributed by atoms with Gasteiger partial charge in [0.15, 0.2) is 15.0 Å². The normalized spacial score (nSPS) is 26.4. The molecule has 0 aliphatic carbocycles. The van der Waals surface area contributed by atoms with Crippen molar-refractivity contribution < 1.29 is 13.2 Å². The first-order valence-corrected chi connectivity index (χ1v) is 12.4. The standard InChI is InChI=1S/C20H28N2O3S2/c1-5-13(4)19(23)21-20-22(16-11-27(24,25)12-17(16)26-20)18-14(6-2)9-8-10-15(18)7-3/h8-10,13,16-17H,5-7,11-12H2,1-4H3/t13-,16-,17-/m0/s1. The molecule has 27 heavy (non-hydrogen) atoms. The summed E-state index contributed by atoms with van der Waals surface area (Å²) in [5, 5.41) is 0.605. The predicted molar refractivity (Wildman–Crippen MR) is 113 cm³/mol. The number of carbonyl (C=O) groups is 1. The smallest absolute Gasteiger partial charge is 0.250 e. The van der Waals surface area contributed by atoms with Gasteiger partial charge < -0.3 is 4.90 Å². The van der Waals surface area contributed by atoms with E-state index >= 15 is 0 Å². The lowest BCUT2D eigenvalue weighted by Crippen LogP contribution is -2.39. The van der Waals surface area contributed by atoms with Gasteiger partial charge in [0.25, 0.3) is 5.91 Å². The van der Waals surface area contributed by atoms with Crippen LogP contribution in [0.25, 0.3) is 0 Å². The molecule has 0 spiro atoms. The van der Waals surface area contributed by atoms with Crippen molar-refractivity contribution in [2.24, 2.45) is 10.9 Å². The Bertz CT molecular complexity index is 842. The minimum Gasteiger partial charge on any atom is -0.315 e. The Morgan fingerprint density at radius 1 is 1.22 bits per heavy atom. The first-order chi connectivity index (χ1) is 12.8. The summed E-state index contributed by atoms with van der Waals surface area (Å²) in [4.78, 5) is 19.0. The molecule has 0 unspecified atom stereocenters. The molecule has 5 nitrogen and oxygen atoms in total. The van der Waals surface area contributed by atoms with E-state index in [-0.39, 0.29) is 34.6 Å². The number of fused-ring (bicyclic) bond motifs is 1. The predicted octanol–water partition coefficient (Wildman–Crippen LogP) is 3.46. The number of para-hydroxylation sites is 1. The van der Waals surface area contributed by atoms with Crippen molar-refractivity contribution in [1.82, 2.24) is 0 Å². The first kappa shape index (κ1) is 20.4. The molecule has 1 aromatic carbocycles. The summed E-state index contributed by atoms with van der Waals surface area (Å²) >= 11 is 1.46. The van der Waals surface area contributed by atoms with E-state index in [2.05, 4.69) is 35.9 Å². The summed E-state index contributed by atoms with van der Waals surface area (Å²) in [6.45, 7) is 8.07. The number of aliphatic imine (C=N–C) groups is 1. The second-order valence-corrected chi connectivity index (χ2v) is 10.7. The van der Waals surface area contributed by atoms with Crippen LogP contribution in [0.2, 0.25) is 0 Å². The summed E-state index contributed by atoms with van der Waals surface area (Å²) in [5.74, 6) is 0.0316. The molecule has 3 atom stereocenters. The maximum absolute atomic E-state index is 12.5. The molecule has 2 fully saturated rings. The molecule has 7 heteroatoms. The Labute approximate surface area is 166 Å². The van der Waals surface area contributed by atoms with Crippen molar-refractivity contribution in [2.75, 3.05) is 16.4 Å². The highest BCUT2D eigenvalue weighted by molar-refractivity contribution is 8.16. The summed E-state index contributed by atoms with van der Waals surface area (Å²) in [6, 6.07) is 6.07. The van der Waals surface area contributed by atoms with Crippen LogP contribution in [0.1, 0.15) is 45.2 Å². The van der Waals surface area contributed by atoms with Crippen LogP contribution in [0.5, 0.6) is 0 Å². The number of benzene rings is 1. The van der Waals surface area contributed by atoms with E-state index in [0.29, 0.717) is 5.17 Å². The van der Waals surface area contributed by atoms with Gasteiger partial charge >= 0.3 is 0 Å². The van der Waals surface area contributed by atoms with Crippen molar-refractivity contribution in [3.8, 4) is 0 Å². The van der Waals surface area contributed by atoms with Crippen LogP contribution >= 0.6 is 11.8 Å². The number of carbonyl (C=O) groups excluding carboxylic acids is 1. The molecule has 2 aliphatic heterocycles. The number of anilines is 1. The van der Waals surface area contributed by atoms with E-state index in [1.54, 1.807) is 0 Å². The number of hydrogen-bond acceptors (Lipinski definition) is 4. The molecule has 0 aromatic heterocycles. The highest BCUT2D eigenvalue weighted by Crippen LogP contribution is 2.43. The number of amidine groups is 1. The highest BCUT2D eigenvalue weighted by atomic mass is 32.2. The number of nitrogens with zero attached hydrogens (tertiary/aromatic N) is 2. The monoisotopic (exact) mass is 408 g/mol. The molecule has 0 radical (unpaired) electrons. The molecule has 1 amide bonds. The highest BCUT2D eigenvalue weighted by Gasteiger charge is 2.50. The van der Waals surface area contributed by atoms with Crippen LogP contribution in [0.3, 0.4) is 0 Å². The Hall–Kier alpha value is -1.34. The SMILES string of the molecule is CCc1cccc(CC)c1N1C(=NC(=O)[C@@H](C)CC)S[C@H]2CS(=O)(=O)C[C@@H]21. The van der Waals surface area contributed by atoms with Gasteiger partial charge in [0.1, 0.15) is 0 Å². The Morgan fingerprint density at radius 2 is 1.85 bits per heavy atom. The summed E-state index contributed by atoms with van der Waals surface area (Å²) < 4.78 is 24.5. The van der Waals surface area contributed by atoms with Crippen molar-refractivity contribution in [1.29, 1.82) is 0 Å². The Balaban J connectivity index is 2.12. The van der Waals surface area contributed by atoms with Crippen LogP contribution in [0.15, 0.2) is 23.2 Å². The van der Waals surface area contributed by atoms with Gasteiger partial charge in [0.05, 0.1) is 17.5 Å². The lowest BCUT2D eigenvalue weighted by Gasteiger charge is -2.29.